The largest absolute Gasteiger partial charge is 0.466 e. The Hall–Kier alpha value is -2.40. The SMILES string of the molecule is COC(=O)C=CC(=CCNC(C)c1ccccc1)C(=O)OC. The third kappa shape index (κ3) is 5.93. The smallest absolute Gasteiger partial charge is 0.337 e. The van der Waals surface area contributed by atoms with E-state index in [1.807, 2.05) is 37.3 Å². The first-order valence-electron chi connectivity index (χ1n) is 6.91. The van der Waals surface area contributed by atoms with Crippen molar-refractivity contribution in [2.24, 2.45) is 0 Å². The summed E-state index contributed by atoms with van der Waals surface area (Å²) >= 11 is 0. The Labute approximate surface area is 130 Å². The number of carbonyl (C=O) groups is 2. The second-order valence-corrected chi connectivity index (χ2v) is 4.55. The summed E-state index contributed by atoms with van der Waals surface area (Å²) in [7, 11) is 2.57. The highest BCUT2D eigenvalue weighted by Crippen LogP contribution is 2.10. The van der Waals surface area contributed by atoms with E-state index in [1.165, 1.54) is 26.4 Å². The van der Waals surface area contributed by atoms with Crippen LogP contribution in [-0.2, 0) is 19.1 Å². The van der Waals surface area contributed by atoms with Gasteiger partial charge in [0.2, 0.25) is 0 Å². The molecule has 0 aliphatic rings. The van der Waals surface area contributed by atoms with Crippen molar-refractivity contribution in [3.05, 3.63) is 59.7 Å². The van der Waals surface area contributed by atoms with Crippen LogP contribution in [0.4, 0.5) is 0 Å². The predicted octanol–water partition coefficient (Wildman–Crippen LogP) is 2.17. The van der Waals surface area contributed by atoms with Gasteiger partial charge in [0.25, 0.3) is 0 Å². The first-order chi connectivity index (χ1) is 10.6. The van der Waals surface area contributed by atoms with E-state index in [0.717, 1.165) is 5.56 Å². The fraction of sp³-hybridized carbons (Fsp3) is 0.294. The van der Waals surface area contributed by atoms with Crippen LogP contribution in [0.2, 0.25) is 0 Å². The molecular weight excluding hydrogens is 282 g/mol. The molecule has 0 bridgehead atoms. The summed E-state index contributed by atoms with van der Waals surface area (Å²) in [5.74, 6) is -1.03. The topological polar surface area (TPSA) is 64.6 Å². The molecule has 0 aliphatic carbocycles. The molecule has 1 rings (SSSR count). The summed E-state index contributed by atoms with van der Waals surface area (Å²) in [6, 6.07) is 10.1. The van der Waals surface area contributed by atoms with Crippen molar-refractivity contribution in [1.82, 2.24) is 5.32 Å². The minimum absolute atomic E-state index is 0.140. The second-order valence-electron chi connectivity index (χ2n) is 4.55. The average Bonchev–Trinajstić information content (AvgIpc) is 2.57. The maximum atomic E-state index is 11.6. The molecule has 0 heterocycles. The number of carbonyl (C=O) groups excluding carboxylic acids is 2. The first-order valence-corrected chi connectivity index (χ1v) is 6.91. The highest BCUT2D eigenvalue weighted by molar-refractivity contribution is 5.93. The summed E-state index contributed by atoms with van der Waals surface area (Å²) < 4.78 is 9.18. The summed E-state index contributed by atoms with van der Waals surface area (Å²) in [6.45, 7) is 2.50. The Morgan fingerprint density at radius 1 is 1.14 bits per heavy atom. The summed E-state index contributed by atoms with van der Waals surface area (Å²) in [4.78, 5) is 22.7. The van der Waals surface area contributed by atoms with Crippen LogP contribution in [0.15, 0.2) is 54.1 Å². The lowest BCUT2D eigenvalue weighted by Crippen LogP contribution is -2.19. The Balaban J connectivity index is 2.67. The number of esters is 2. The van der Waals surface area contributed by atoms with Gasteiger partial charge in [-0.15, -0.1) is 0 Å². The van der Waals surface area contributed by atoms with Gasteiger partial charge in [-0.25, -0.2) is 9.59 Å². The van der Waals surface area contributed by atoms with E-state index >= 15 is 0 Å². The number of methoxy groups -OCH3 is 2. The van der Waals surface area contributed by atoms with Crippen LogP contribution in [0.25, 0.3) is 0 Å². The monoisotopic (exact) mass is 303 g/mol. The number of benzene rings is 1. The lowest BCUT2D eigenvalue weighted by atomic mass is 10.1. The molecular formula is C17H21NO4. The molecule has 0 aliphatic heterocycles. The van der Waals surface area contributed by atoms with Gasteiger partial charge in [0.15, 0.2) is 0 Å². The molecule has 1 unspecified atom stereocenters. The third-order valence-corrected chi connectivity index (χ3v) is 3.07. The third-order valence-electron chi connectivity index (χ3n) is 3.07. The minimum Gasteiger partial charge on any atom is -0.466 e. The number of rotatable bonds is 7. The fourth-order valence-electron chi connectivity index (χ4n) is 1.77. The maximum absolute atomic E-state index is 11.6. The van der Waals surface area contributed by atoms with Crippen LogP contribution in [0.5, 0.6) is 0 Å². The van der Waals surface area contributed by atoms with E-state index in [9.17, 15) is 9.59 Å². The molecule has 5 heteroatoms. The van der Waals surface area contributed by atoms with Gasteiger partial charge in [0, 0.05) is 18.7 Å². The Bertz CT molecular complexity index is 549. The van der Waals surface area contributed by atoms with Gasteiger partial charge >= 0.3 is 11.9 Å². The van der Waals surface area contributed by atoms with Crippen LogP contribution in [0, 0.1) is 0 Å². The van der Waals surface area contributed by atoms with E-state index in [2.05, 4.69) is 14.8 Å². The molecule has 5 nitrogen and oxygen atoms in total. The fourth-order valence-corrected chi connectivity index (χ4v) is 1.77. The van der Waals surface area contributed by atoms with Gasteiger partial charge in [-0.05, 0) is 18.6 Å². The number of nitrogens with one attached hydrogen (secondary N) is 1. The Kier molecular flexibility index (Phi) is 7.64. The Morgan fingerprint density at radius 3 is 2.41 bits per heavy atom. The second kappa shape index (κ2) is 9.52. The number of hydrogen-bond acceptors (Lipinski definition) is 5. The minimum atomic E-state index is -0.527. The summed E-state index contributed by atoms with van der Waals surface area (Å²) in [5, 5.41) is 3.28. The van der Waals surface area contributed by atoms with Crippen LogP contribution in [-0.4, -0.2) is 32.7 Å². The van der Waals surface area contributed by atoms with E-state index < -0.39 is 11.9 Å². The van der Waals surface area contributed by atoms with Gasteiger partial charge in [-0.1, -0.05) is 36.4 Å². The molecule has 1 aromatic carbocycles. The van der Waals surface area contributed by atoms with Crippen LogP contribution < -0.4 is 5.32 Å². The van der Waals surface area contributed by atoms with E-state index in [1.54, 1.807) is 6.08 Å². The molecule has 118 valence electrons. The zero-order chi connectivity index (χ0) is 16.4. The quantitative estimate of drug-likeness (QED) is 0.475. The molecule has 0 saturated carbocycles. The zero-order valence-electron chi connectivity index (χ0n) is 13.0. The molecule has 0 radical (unpaired) electrons. The normalized spacial score (nSPS) is 13.0. The van der Waals surface area contributed by atoms with Crippen LogP contribution in [0.3, 0.4) is 0 Å². The van der Waals surface area contributed by atoms with Crippen molar-refractivity contribution in [1.29, 1.82) is 0 Å². The van der Waals surface area contributed by atoms with E-state index in [0.29, 0.717) is 12.1 Å². The van der Waals surface area contributed by atoms with Gasteiger partial charge in [-0.3, -0.25) is 0 Å². The molecule has 0 saturated heterocycles. The van der Waals surface area contributed by atoms with Crippen LogP contribution in [0.1, 0.15) is 18.5 Å². The molecule has 1 atom stereocenters. The predicted molar refractivity (Wildman–Crippen MR) is 84.1 cm³/mol. The lowest BCUT2D eigenvalue weighted by molar-refractivity contribution is -0.135. The number of hydrogen-bond donors (Lipinski definition) is 1. The standard InChI is InChI=1S/C17H21NO4/c1-13(14-7-5-4-6-8-14)18-12-11-15(17(20)22-3)9-10-16(19)21-2/h4-11,13,18H,12H2,1-3H3. The molecule has 1 N–H and O–H groups in total. The van der Waals surface area contributed by atoms with Gasteiger partial charge in [-0.2, -0.15) is 0 Å². The summed E-state index contributed by atoms with van der Waals surface area (Å²) in [5.41, 5.74) is 1.45. The van der Waals surface area contributed by atoms with E-state index in [4.69, 9.17) is 0 Å². The van der Waals surface area contributed by atoms with Crippen molar-refractivity contribution in [2.75, 3.05) is 20.8 Å². The summed E-state index contributed by atoms with van der Waals surface area (Å²) in [6.07, 6.45) is 4.24. The molecule has 22 heavy (non-hydrogen) atoms. The molecule has 1 aromatic rings. The molecule has 0 amide bonds. The lowest BCUT2D eigenvalue weighted by Gasteiger charge is -2.12. The number of ether oxygens (including phenoxy) is 2. The van der Waals surface area contributed by atoms with Gasteiger partial charge in [0.1, 0.15) is 0 Å². The van der Waals surface area contributed by atoms with Gasteiger partial charge in [0.05, 0.1) is 19.8 Å². The first kappa shape index (κ1) is 17.7. The van der Waals surface area contributed by atoms with Crippen LogP contribution >= 0.6 is 0 Å². The maximum Gasteiger partial charge on any atom is 0.337 e. The Morgan fingerprint density at radius 2 is 1.82 bits per heavy atom. The molecule has 0 spiro atoms. The highest BCUT2D eigenvalue weighted by atomic mass is 16.5. The van der Waals surface area contributed by atoms with Crippen molar-refractivity contribution in [2.45, 2.75) is 13.0 Å². The zero-order valence-corrected chi connectivity index (χ0v) is 13.0. The molecule has 0 aromatic heterocycles. The highest BCUT2D eigenvalue weighted by Gasteiger charge is 2.07. The van der Waals surface area contributed by atoms with Crippen molar-refractivity contribution in [3.63, 3.8) is 0 Å². The van der Waals surface area contributed by atoms with Gasteiger partial charge < -0.3 is 14.8 Å². The van der Waals surface area contributed by atoms with E-state index in [-0.39, 0.29) is 6.04 Å². The average molecular weight is 303 g/mol. The van der Waals surface area contributed by atoms with Crippen molar-refractivity contribution >= 4 is 11.9 Å². The molecule has 0 fully saturated rings. The van der Waals surface area contributed by atoms with Crippen molar-refractivity contribution in [3.8, 4) is 0 Å². The van der Waals surface area contributed by atoms with Crippen molar-refractivity contribution < 1.29 is 19.1 Å².